The van der Waals surface area contributed by atoms with E-state index in [0.29, 0.717) is 22.9 Å². The van der Waals surface area contributed by atoms with E-state index in [1.165, 1.54) is 12.1 Å². The Balaban J connectivity index is 1.87. The zero-order chi connectivity index (χ0) is 23.7. The third kappa shape index (κ3) is 3.78. The number of pyridine rings is 1. The number of aryl methyl sites for hydroxylation is 1. The van der Waals surface area contributed by atoms with Crippen LogP contribution >= 0.6 is 0 Å². The smallest absolute Gasteiger partial charge is 0.339 e. The number of hydrogen-bond acceptors (Lipinski definition) is 4. The van der Waals surface area contributed by atoms with Crippen molar-refractivity contribution in [1.82, 2.24) is 4.40 Å². The number of benzene rings is 3. The Morgan fingerprint density at radius 3 is 2.00 bits per heavy atom. The Kier molecular flexibility index (Phi) is 5.51. The summed E-state index contributed by atoms with van der Waals surface area (Å²) in [6.07, 6.45) is 2.52. The highest BCUT2D eigenvalue weighted by molar-refractivity contribution is 7.87. The second-order valence-electron chi connectivity index (χ2n) is 7.94. The van der Waals surface area contributed by atoms with Gasteiger partial charge in [-0.1, -0.05) is 78.4 Å². The molecule has 0 N–H and O–H groups in total. The average Bonchev–Trinajstić information content (AvgIpc) is 3.19. The van der Waals surface area contributed by atoms with Gasteiger partial charge < -0.3 is 8.58 Å². The first-order valence-corrected chi connectivity index (χ1v) is 12.1. The van der Waals surface area contributed by atoms with Crippen LogP contribution in [0.5, 0.6) is 5.75 Å². The molecule has 168 valence electrons. The molecule has 3 aromatic carbocycles. The second kappa shape index (κ2) is 8.65. The standard InChI is InChI=1S/C28H21NO4S/c1-20-14-16-24(17-15-20)34(31,32)33-28-25(21-9-4-2-5-10-21)26(22-11-6-3-7-12-22)29-18-8-13-23(19-30)27(28)29/h2-19H,1H3. The maximum atomic E-state index is 13.4. The molecular formula is C28H21NO4S. The lowest BCUT2D eigenvalue weighted by molar-refractivity contribution is 0.112. The molecule has 0 aliphatic carbocycles. The Hall–Kier alpha value is -4.16. The van der Waals surface area contributed by atoms with Gasteiger partial charge in [-0.15, -0.1) is 0 Å². The quantitative estimate of drug-likeness (QED) is 0.222. The van der Waals surface area contributed by atoms with Crippen LogP contribution in [0.2, 0.25) is 0 Å². The van der Waals surface area contributed by atoms with Crippen LogP contribution in [0.25, 0.3) is 27.9 Å². The molecule has 0 unspecified atom stereocenters. The van der Waals surface area contributed by atoms with Gasteiger partial charge in [0, 0.05) is 11.8 Å². The van der Waals surface area contributed by atoms with Crippen molar-refractivity contribution in [1.29, 1.82) is 0 Å². The van der Waals surface area contributed by atoms with E-state index in [4.69, 9.17) is 4.18 Å². The van der Waals surface area contributed by atoms with Crippen molar-refractivity contribution in [2.45, 2.75) is 11.8 Å². The molecule has 0 fully saturated rings. The molecule has 5 aromatic rings. The molecule has 0 saturated heterocycles. The molecule has 34 heavy (non-hydrogen) atoms. The Morgan fingerprint density at radius 2 is 1.38 bits per heavy atom. The summed E-state index contributed by atoms with van der Waals surface area (Å²) >= 11 is 0. The number of fused-ring (bicyclic) bond motifs is 1. The minimum Gasteiger partial charge on any atom is -0.376 e. The van der Waals surface area contributed by atoms with Gasteiger partial charge in [0.05, 0.1) is 11.3 Å². The van der Waals surface area contributed by atoms with E-state index in [1.54, 1.807) is 24.3 Å². The van der Waals surface area contributed by atoms with Crippen LogP contribution < -0.4 is 4.18 Å². The summed E-state index contributed by atoms with van der Waals surface area (Å²) in [6, 6.07) is 29.0. The first-order valence-electron chi connectivity index (χ1n) is 10.7. The van der Waals surface area contributed by atoms with Crippen LogP contribution in [0.15, 0.2) is 108 Å². The average molecular weight is 468 g/mol. The van der Waals surface area contributed by atoms with Gasteiger partial charge in [-0.2, -0.15) is 8.42 Å². The van der Waals surface area contributed by atoms with Crippen LogP contribution in [-0.4, -0.2) is 19.1 Å². The van der Waals surface area contributed by atoms with Crippen molar-refractivity contribution in [2.24, 2.45) is 0 Å². The molecule has 5 nitrogen and oxygen atoms in total. The molecule has 0 radical (unpaired) electrons. The van der Waals surface area contributed by atoms with Crippen LogP contribution in [-0.2, 0) is 10.1 Å². The number of hydrogen-bond donors (Lipinski definition) is 0. The summed E-state index contributed by atoms with van der Waals surface area (Å²) in [5.41, 5.74) is 4.63. The molecule has 0 spiro atoms. The maximum absolute atomic E-state index is 13.4. The Labute approximate surface area is 198 Å². The second-order valence-corrected chi connectivity index (χ2v) is 9.48. The van der Waals surface area contributed by atoms with Gasteiger partial charge in [-0.25, -0.2) is 0 Å². The lowest BCUT2D eigenvalue weighted by atomic mass is 10.0. The van der Waals surface area contributed by atoms with E-state index in [2.05, 4.69) is 0 Å². The van der Waals surface area contributed by atoms with Crippen molar-refractivity contribution in [2.75, 3.05) is 0 Å². The number of rotatable bonds is 6. The Morgan fingerprint density at radius 1 is 0.765 bits per heavy atom. The number of carbonyl (C=O) groups is 1. The highest BCUT2D eigenvalue weighted by Crippen LogP contribution is 2.46. The highest BCUT2D eigenvalue weighted by atomic mass is 32.2. The van der Waals surface area contributed by atoms with Gasteiger partial charge in [-0.3, -0.25) is 4.79 Å². The van der Waals surface area contributed by atoms with E-state index in [1.807, 2.05) is 78.2 Å². The maximum Gasteiger partial charge on any atom is 0.339 e. The van der Waals surface area contributed by atoms with Gasteiger partial charge in [0.1, 0.15) is 10.4 Å². The van der Waals surface area contributed by atoms with E-state index in [0.717, 1.165) is 22.4 Å². The summed E-state index contributed by atoms with van der Waals surface area (Å²) in [7, 11) is -4.18. The lowest BCUT2D eigenvalue weighted by Gasteiger charge is -2.11. The fourth-order valence-corrected chi connectivity index (χ4v) is 5.04. The molecule has 2 aromatic heterocycles. The fourth-order valence-electron chi connectivity index (χ4n) is 4.09. The first kappa shape index (κ1) is 21.7. The normalized spacial score (nSPS) is 11.4. The minimum absolute atomic E-state index is 0.0429. The number of nitrogens with zero attached hydrogens (tertiary/aromatic N) is 1. The summed E-state index contributed by atoms with van der Waals surface area (Å²) in [5.74, 6) is 0.119. The first-order chi connectivity index (χ1) is 16.5. The molecule has 2 heterocycles. The van der Waals surface area contributed by atoms with E-state index >= 15 is 0 Å². The molecular weight excluding hydrogens is 446 g/mol. The monoisotopic (exact) mass is 467 g/mol. The lowest BCUT2D eigenvalue weighted by Crippen LogP contribution is -2.10. The van der Waals surface area contributed by atoms with Crippen molar-refractivity contribution in [3.63, 3.8) is 0 Å². The van der Waals surface area contributed by atoms with E-state index in [-0.39, 0.29) is 10.6 Å². The summed E-state index contributed by atoms with van der Waals surface area (Å²) < 4.78 is 34.4. The SMILES string of the molecule is Cc1ccc(S(=O)(=O)Oc2c(-c3ccccc3)c(-c3ccccc3)n3cccc(C=O)c23)cc1. The van der Waals surface area contributed by atoms with Gasteiger partial charge in [0.2, 0.25) is 0 Å². The van der Waals surface area contributed by atoms with Crippen molar-refractivity contribution >= 4 is 21.9 Å². The van der Waals surface area contributed by atoms with Gasteiger partial charge in [0.15, 0.2) is 12.0 Å². The number of aldehydes is 1. The summed E-state index contributed by atoms with van der Waals surface area (Å²) in [5, 5.41) is 0. The van der Waals surface area contributed by atoms with Crippen LogP contribution in [0, 0.1) is 6.92 Å². The fraction of sp³-hybridized carbons (Fsp3) is 0.0357. The molecule has 0 aliphatic rings. The van der Waals surface area contributed by atoms with Crippen molar-refractivity contribution in [3.8, 4) is 28.1 Å². The molecule has 0 saturated carbocycles. The van der Waals surface area contributed by atoms with E-state index in [9.17, 15) is 13.2 Å². The largest absolute Gasteiger partial charge is 0.376 e. The van der Waals surface area contributed by atoms with Gasteiger partial charge in [-0.05, 0) is 42.3 Å². The third-order valence-corrected chi connectivity index (χ3v) is 6.92. The summed E-state index contributed by atoms with van der Waals surface area (Å²) in [6.45, 7) is 1.88. The summed E-state index contributed by atoms with van der Waals surface area (Å²) in [4.78, 5) is 12.1. The van der Waals surface area contributed by atoms with E-state index < -0.39 is 10.1 Å². The molecule has 0 amide bonds. The van der Waals surface area contributed by atoms with Gasteiger partial charge in [0.25, 0.3) is 0 Å². The van der Waals surface area contributed by atoms with Crippen molar-refractivity contribution < 1.29 is 17.4 Å². The van der Waals surface area contributed by atoms with Crippen LogP contribution in [0.1, 0.15) is 15.9 Å². The number of carbonyl (C=O) groups excluding carboxylic acids is 1. The zero-order valence-electron chi connectivity index (χ0n) is 18.4. The predicted molar refractivity (Wildman–Crippen MR) is 133 cm³/mol. The topological polar surface area (TPSA) is 64.8 Å². The zero-order valence-corrected chi connectivity index (χ0v) is 19.2. The molecule has 6 heteroatoms. The molecule has 0 bridgehead atoms. The molecule has 5 rings (SSSR count). The van der Waals surface area contributed by atoms with Crippen molar-refractivity contribution in [3.05, 3.63) is 114 Å². The molecule has 0 aliphatic heterocycles. The number of aromatic nitrogens is 1. The van der Waals surface area contributed by atoms with Crippen LogP contribution in [0.4, 0.5) is 0 Å². The van der Waals surface area contributed by atoms with Gasteiger partial charge >= 0.3 is 10.1 Å². The predicted octanol–water partition coefficient (Wildman–Crippen LogP) is 6.16. The third-order valence-electron chi connectivity index (χ3n) is 5.68. The molecule has 0 atom stereocenters. The minimum atomic E-state index is -4.18. The Bertz CT molecular complexity index is 1590. The highest BCUT2D eigenvalue weighted by Gasteiger charge is 2.28. The van der Waals surface area contributed by atoms with Crippen LogP contribution in [0.3, 0.4) is 0 Å².